The largest absolute Gasteiger partial charge is 0.491 e. The summed E-state index contributed by atoms with van der Waals surface area (Å²) in [5, 5.41) is 18.0. The minimum absolute atomic E-state index is 0.00373. The lowest BCUT2D eigenvalue weighted by atomic mass is 9.67. The van der Waals surface area contributed by atoms with Crippen LogP contribution in [0.15, 0.2) is 78.9 Å². The fraction of sp³-hybridized carbons (Fsp3) is 0.308. The van der Waals surface area contributed by atoms with Crippen LogP contribution in [-0.4, -0.2) is 36.6 Å². The van der Waals surface area contributed by atoms with E-state index in [4.69, 9.17) is 19.7 Å². The molecule has 30 heavy (non-hydrogen) atoms. The molecule has 158 valence electrons. The lowest BCUT2D eigenvalue weighted by Gasteiger charge is -2.36. The third kappa shape index (κ3) is 4.84. The van der Waals surface area contributed by atoms with Crippen LogP contribution in [0.25, 0.3) is 0 Å². The third-order valence-corrected chi connectivity index (χ3v) is 5.31. The quantitative estimate of drug-likeness (QED) is 0.458. The van der Waals surface area contributed by atoms with E-state index in [2.05, 4.69) is 55.5 Å². The van der Waals surface area contributed by atoms with Crippen molar-refractivity contribution in [2.45, 2.75) is 25.2 Å². The number of rotatable bonds is 11. The fourth-order valence-corrected chi connectivity index (χ4v) is 4.03. The number of aliphatic hydroxyl groups excluding tert-OH is 2. The van der Waals surface area contributed by atoms with Crippen molar-refractivity contribution < 1.29 is 19.7 Å². The van der Waals surface area contributed by atoms with Crippen molar-refractivity contribution >= 4 is 0 Å². The van der Waals surface area contributed by atoms with Crippen molar-refractivity contribution in [3.63, 3.8) is 0 Å². The number of benzene rings is 3. The molecule has 0 atom stereocenters. The van der Waals surface area contributed by atoms with Gasteiger partial charge in [0, 0.05) is 5.41 Å². The van der Waals surface area contributed by atoms with Gasteiger partial charge >= 0.3 is 0 Å². The van der Waals surface area contributed by atoms with Crippen LogP contribution in [0.5, 0.6) is 11.5 Å². The average Bonchev–Trinajstić information content (AvgIpc) is 2.81. The maximum Gasteiger partial charge on any atom is 0.119 e. The van der Waals surface area contributed by atoms with E-state index in [1.54, 1.807) is 0 Å². The van der Waals surface area contributed by atoms with Gasteiger partial charge in [0.25, 0.3) is 0 Å². The van der Waals surface area contributed by atoms with Gasteiger partial charge in [0.15, 0.2) is 0 Å². The second-order valence-corrected chi connectivity index (χ2v) is 7.21. The molecule has 0 fully saturated rings. The molecule has 0 unspecified atom stereocenters. The molecule has 0 aliphatic rings. The Morgan fingerprint density at radius 2 is 1.07 bits per heavy atom. The van der Waals surface area contributed by atoms with Gasteiger partial charge in [-0.15, -0.1) is 0 Å². The van der Waals surface area contributed by atoms with Gasteiger partial charge in [-0.2, -0.15) is 0 Å². The Morgan fingerprint density at radius 3 is 1.47 bits per heavy atom. The van der Waals surface area contributed by atoms with Crippen LogP contribution >= 0.6 is 0 Å². The molecule has 0 aliphatic heterocycles. The first-order chi connectivity index (χ1) is 14.7. The van der Waals surface area contributed by atoms with E-state index >= 15 is 0 Å². The van der Waals surface area contributed by atoms with Crippen molar-refractivity contribution in [1.82, 2.24) is 0 Å². The normalized spacial score (nSPS) is 11.3. The molecular formula is C26H30O4. The monoisotopic (exact) mass is 406 g/mol. The van der Waals surface area contributed by atoms with Crippen molar-refractivity contribution in [2.75, 3.05) is 26.4 Å². The van der Waals surface area contributed by atoms with Crippen LogP contribution in [0, 0.1) is 0 Å². The number of aliphatic hydroxyl groups is 2. The minimum Gasteiger partial charge on any atom is -0.491 e. The Kier molecular flexibility index (Phi) is 7.89. The van der Waals surface area contributed by atoms with Gasteiger partial charge < -0.3 is 19.7 Å². The Bertz CT molecular complexity index is 822. The molecule has 3 rings (SSSR count). The molecular weight excluding hydrogens is 376 g/mol. The lowest BCUT2D eigenvalue weighted by Crippen LogP contribution is -2.29. The van der Waals surface area contributed by atoms with Gasteiger partial charge in [-0.1, -0.05) is 67.9 Å². The zero-order chi connectivity index (χ0) is 21.2. The van der Waals surface area contributed by atoms with Crippen LogP contribution in [0.1, 0.15) is 36.5 Å². The summed E-state index contributed by atoms with van der Waals surface area (Å²) in [5.41, 5.74) is 3.31. The fourth-order valence-electron chi connectivity index (χ4n) is 4.03. The van der Waals surface area contributed by atoms with E-state index < -0.39 is 0 Å². The Morgan fingerprint density at radius 1 is 0.633 bits per heavy atom. The van der Waals surface area contributed by atoms with Gasteiger partial charge in [0.1, 0.15) is 24.7 Å². The Balaban J connectivity index is 2.08. The highest BCUT2D eigenvalue weighted by Gasteiger charge is 2.35. The first-order valence-electron chi connectivity index (χ1n) is 10.5. The molecule has 0 amide bonds. The molecule has 0 radical (unpaired) electrons. The van der Waals surface area contributed by atoms with E-state index in [1.165, 1.54) is 16.7 Å². The van der Waals surface area contributed by atoms with Crippen LogP contribution in [0.3, 0.4) is 0 Å². The highest BCUT2D eigenvalue weighted by molar-refractivity contribution is 5.52. The zero-order valence-corrected chi connectivity index (χ0v) is 17.5. The predicted octanol–water partition coefficient (Wildman–Crippen LogP) is 4.56. The third-order valence-electron chi connectivity index (χ3n) is 5.31. The highest BCUT2D eigenvalue weighted by Crippen LogP contribution is 2.43. The topological polar surface area (TPSA) is 58.9 Å². The van der Waals surface area contributed by atoms with E-state index in [-0.39, 0.29) is 31.8 Å². The molecule has 4 nitrogen and oxygen atoms in total. The van der Waals surface area contributed by atoms with Crippen molar-refractivity contribution in [2.24, 2.45) is 0 Å². The highest BCUT2D eigenvalue weighted by atomic mass is 16.5. The van der Waals surface area contributed by atoms with E-state index in [0.29, 0.717) is 0 Å². The van der Waals surface area contributed by atoms with Crippen LogP contribution < -0.4 is 9.47 Å². The number of hydrogen-bond donors (Lipinski definition) is 2. The summed E-state index contributed by atoms with van der Waals surface area (Å²) in [5.74, 6) is 1.50. The van der Waals surface area contributed by atoms with Gasteiger partial charge in [-0.25, -0.2) is 0 Å². The van der Waals surface area contributed by atoms with Crippen LogP contribution in [0.4, 0.5) is 0 Å². The maximum atomic E-state index is 9.01. The molecule has 4 heteroatoms. The van der Waals surface area contributed by atoms with Crippen molar-refractivity contribution in [3.05, 3.63) is 95.6 Å². The standard InChI is InChI=1S/C26H30O4/c1-2-16-26(21-6-4-3-5-7-21,22-8-12-24(13-9-22)29-19-17-27)23-10-14-25(15-11-23)30-20-18-28/h3-15,27-28H,2,16-20H2,1H3. The minimum atomic E-state index is -0.305. The maximum absolute atomic E-state index is 9.01. The van der Waals surface area contributed by atoms with Gasteiger partial charge in [0.05, 0.1) is 13.2 Å². The van der Waals surface area contributed by atoms with Gasteiger partial charge in [-0.3, -0.25) is 0 Å². The summed E-state index contributed by atoms with van der Waals surface area (Å²) < 4.78 is 11.1. The molecule has 0 aromatic heterocycles. The lowest BCUT2D eigenvalue weighted by molar-refractivity contribution is 0.201. The molecule has 3 aromatic carbocycles. The van der Waals surface area contributed by atoms with Crippen LogP contribution in [0.2, 0.25) is 0 Å². The van der Waals surface area contributed by atoms with E-state index in [1.807, 2.05) is 30.3 Å². The predicted molar refractivity (Wildman–Crippen MR) is 119 cm³/mol. The average molecular weight is 407 g/mol. The van der Waals surface area contributed by atoms with Crippen molar-refractivity contribution in [1.29, 1.82) is 0 Å². The second-order valence-electron chi connectivity index (χ2n) is 7.21. The molecule has 0 bridgehead atoms. The van der Waals surface area contributed by atoms with E-state index in [0.717, 1.165) is 24.3 Å². The summed E-state index contributed by atoms with van der Waals surface area (Å²) in [4.78, 5) is 0. The molecule has 0 aliphatic carbocycles. The molecule has 0 saturated carbocycles. The summed E-state index contributed by atoms with van der Waals surface area (Å²) in [6.07, 6.45) is 1.96. The van der Waals surface area contributed by atoms with Crippen molar-refractivity contribution in [3.8, 4) is 11.5 Å². The SMILES string of the molecule is CCCC(c1ccccc1)(c1ccc(OCCO)cc1)c1ccc(OCCO)cc1. The summed E-state index contributed by atoms with van der Waals surface area (Å²) >= 11 is 0. The smallest absolute Gasteiger partial charge is 0.119 e. The Labute approximate surface area is 178 Å². The first kappa shape index (κ1) is 21.9. The number of hydrogen-bond acceptors (Lipinski definition) is 4. The van der Waals surface area contributed by atoms with E-state index in [9.17, 15) is 0 Å². The first-order valence-corrected chi connectivity index (χ1v) is 10.5. The number of ether oxygens (including phenoxy) is 2. The molecule has 0 saturated heterocycles. The molecule has 0 heterocycles. The zero-order valence-electron chi connectivity index (χ0n) is 17.5. The second kappa shape index (κ2) is 10.8. The van der Waals surface area contributed by atoms with Crippen LogP contribution in [-0.2, 0) is 5.41 Å². The summed E-state index contributed by atoms with van der Waals surface area (Å²) in [6.45, 7) is 2.77. The molecule has 3 aromatic rings. The summed E-state index contributed by atoms with van der Waals surface area (Å²) in [6, 6.07) is 26.9. The summed E-state index contributed by atoms with van der Waals surface area (Å²) in [7, 11) is 0. The Hall–Kier alpha value is -2.82. The molecule has 0 spiro atoms. The van der Waals surface area contributed by atoms with Gasteiger partial charge in [-0.05, 0) is 47.4 Å². The van der Waals surface area contributed by atoms with Gasteiger partial charge in [0.2, 0.25) is 0 Å². The molecule has 2 N–H and O–H groups in total.